The summed E-state index contributed by atoms with van der Waals surface area (Å²) >= 11 is 0. The molecule has 3 rings (SSSR count). The molecule has 1 unspecified atom stereocenters. The second kappa shape index (κ2) is 11.2. The van der Waals surface area contributed by atoms with Crippen molar-refractivity contribution in [2.45, 2.75) is 39.2 Å². The van der Waals surface area contributed by atoms with Crippen LogP contribution < -0.4 is 10.6 Å². The summed E-state index contributed by atoms with van der Waals surface area (Å²) in [6.45, 7) is 1.89. The Labute approximate surface area is 181 Å². The van der Waals surface area contributed by atoms with E-state index in [1.807, 2.05) is 30.3 Å². The van der Waals surface area contributed by atoms with Gasteiger partial charge in [0, 0.05) is 29.9 Å². The average molecular weight is 425 g/mol. The standard InChI is InChI=1S/C23H27N3O5/c1-16(21(27)26-23(29)31-30-15-17-5-3-2-4-6-17)18-7-9-19(10-8-18)22(28)25-20-11-13-24-14-12-20/h2-6,11-14,16,18-19H,7-10,15H2,1H3,(H,24,25,28)(H,26,27,29). The molecule has 1 aromatic heterocycles. The van der Waals surface area contributed by atoms with Crippen LogP contribution in [0.2, 0.25) is 0 Å². The lowest BCUT2D eigenvalue weighted by Crippen LogP contribution is -2.39. The molecule has 164 valence electrons. The lowest BCUT2D eigenvalue weighted by Gasteiger charge is -2.30. The third-order valence-corrected chi connectivity index (χ3v) is 5.64. The molecule has 1 aliphatic carbocycles. The molecule has 0 aliphatic heterocycles. The van der Waals surface area contributed by atoms with Crippen molar-refractivity contribution in [1.29, 1.82) is 0 Å². The molecule has 1 aromatic carbocycles. The summed E-state index contributed by atoms with van der Waals surface area (Å²) < 4.78 is 0. The number of hydrogen-bond donors (Lipinski definition) is 2. The molecule has 1 atom stereocenters. The fourth-order valence-electron chi connectivity index (χ4n) is 3.74. The monoisotopic (exact) mass is 425 g/mol. The molecule has 0 radical (unpaired) electrons. The molecule has 0 bridgehead atoms. The van der Waals surface area contributed by atoms with Crippen molar-refractivity contribution in [3.05, 3.63) is 60.4 Å². The number of benzene rings is 1. The van der Waals surface area contributed by atoms with E-state index in [9.17, 15) is 14.4 Å². The van der Waals surface area contributed by atoms with E-state index in [0.717, 1.165) is 24.1 Å². The van der Waals surface area contributed by atoms with E-state index < -0.39 is 12.0 Å². The van der Waals surface area contributed by atoms with Crippen LogP contribution in [0.15, 0.2) is 54.9 Å². The molecule has 0 spiro atoms. The maximum atomic E-state index is 12.4. The number of anilines is 1. The van der Waals surface area contributed by atoms with Crippen molar-refractivity contribution >= 4 is 23.6 Å². The van der Waals surface area contributed by atoms with Crippen LogP contribution in [0.5, 0.6) is 0 Å². The maximum Gasteiger partial charge on any atom is 0.445 e. The predicted octanol–water partition coefficient (Wildman–Crippen LogP) is 3.85. The summed E-state index contributed by atoms with van der Waals surface area (Å²) in [5, 5.41) is 5.12. The highest BCUT2D eigenvalue weighted by Gasteiger charge is 2.32. The van der Waals surface area contributed by atoms with E-state index in [2.05, 4.69) is 20.5 Å². The van der Waals surface area contributed by atoms with Crippen LogP contribution in [0.1, 0.15) is 38.2 Å². The number of rotatable bonds is 7. The molecular weight excluding hydrogens is 398 g/mol. The van der Waals surface area contributed by atoms with E-state index in [1.54, 1.807) is 31.5 Å². The Morgan fingerprint density at radius 3 is 2.39 bits per heavy atom. The number of hydrogen-bond acceptors (Lipinski definition) is 6. The molecule has 8 heteroatoms. The van der Waals surface area contributed by atoms with Crippen LogP contribution >= 0.6 is 0 Å². The van der Waals surface area contributed by atoms with E-state index >= 15 is 0 Å². The Balaban J connectivity index is 1.37. The van der Waals surface area contributed by atoms with Crippen molar-refractivity contribution in [2.24, 2.45) is 17.8 Å². The van der Waals surface area contributed by atoms with Crippen LogP contribution in [0, 0.1) is 17.8 Å². The number of carbonyl (C=O) groups excluding carboxylic acids is 3. The van der Waals surface area contributed by atoms with Gasteiger partial charge in [0.15, 0.2) is 0 Å². The molecule has 2 N–H and O–H groups in total. The van der Waals surface area contributed by atoms with Gasteiger partial charge in [-0.15, -0.1) is 0 Å². The summed E-state index contributed by atoms with van der Waals surface area (Å²) in [6, 6.07) is 12.7. The number of nitrogens with zero attached hydrogens (tertiary/aromatic N) is 1. The highest BCUT2D eigenvalue weighted by Crippen LogP contribution is 2.34. The highest BCUT2D eigenvalue weighted by atomic mass is 17.2. The van der Waals surface area contributed by atoms with Crippen molar-refractivity contribution in [1.82, 2.24) is 10.3 Å². The quantitative estimate of drug-likeness (QED) is 0.516. The Morgan fingerprint density at radius 1 is 1.03 bits per heavy atom. The Bertz CT molecular complexity index is 867. The van der Waals surface area contributed by atoms with Crippen LogP contribution in [0.25, 0.3) is 0 Å². The van der Waals surface area contributed by atoms with Gasteiger partial charge in [-0.3, -0.25) is 24.8 Å². The van der Waals surface area contributed by atoms with Gasteiger partial charge in [-0.1, -0.05) is 37.3 Å². The molecule has 1 aliphatic rings. The summed E-state index contributed by atoms with van der Waals surface area (Å²) in [6.07, 6.45) is 5.20. The van der Waals surface area contributed by atoms with Crippen molar-refractivity contribution in [3.63, 3.8) is 0 Å². The first-order valence-electron chi connectivity index (χ1n) is 10.4. The van der Waals surface area contributed by atoms with E-state index in [4.69, 9.17) is 4.89 Å². The molecular formula is C23H27N3O5. The molecule has 31 heavy (non-hydrogen) atoms. The molecule has 1 fully saturated rings. The highest BCUT2D eigenvalue weighted by molar-refractivity contribution is 5.93. The topological polar surface area (TPSA) is 107 Å². The second-order valence-corrected chi connectivity index (χ2v) is 7.73. The number of aromatic nitrogens is 1. The zero-order valence-corrected chi connectivity index (χ0v) is 17.5. The molecule has 3 amide bonds. The third kappa shape index (κ3) is 6.89. The van der Waals surface area contributed by atoms with E-state index in [0.29, 0.717) is 12.8 Å². The predicted molar refractivity (Wildman–Crippen MR) is 113 cm³/mol. The smallest absolute Gasteiger partial charge is 0.326 e. The minimum absolute atomic E-state index is 0.0131. The van der Waals surface area contributed by atoms with E-state index in [1.165, 1.54) is 0 Å². The Hall–Kier alpha value is -3.26. The summed E-state index contributed by atoms with van der Waals surface area (Å²) in [7, 11) is 0. The van der Waals surface area contributed by atoms with Gasteiger partial charge in [-0.2, -0.15) is 4.89 Å². The number of imide groups is 1. The van der Waals surface area contributed by atoms with Gasteiger partial charge < -0.3 is 5.32 Å². The van der Waals surface area contributed by atoms with E-state index in [-0.39, 0.29) is 30.3 Å². The van der Waals surface area contributed by atoms with Crippen LogP contribution in [-0.2, 0) is 26.0 Å². The average Bonchev–Trinajstić information content (AvgIpc) is 2.80. The number of nitrogens with one attached hydrogen (secondary N) is 2. The minimum atomic E-state index is -0.932. The van der Waals surface area contributed by atoms with Crippen molar-refractivity contribution in [2.75, 3.05) is 5.32 Å². The van der Waals surface area contributed by atoms with Gasteiger partial charge >= 0.3 is 6.09 Å². The molecule has 8 nitrogen and oxygen atoms in total. The Kier molecular flexibility index (Phi) is 8.12. The lowest BCUT2D eigenvalue weighted by molar-refractivity contribution is -0.248. The van der Waals surface area contributed by atoms with Crippen LogP contribution in [-0.4, -0.2) is 22.9 Å². The minimum Gasteiger partial charge on any atom is -0.326 e. The lowest BCUT2D eigenvalue weighted by atomic mass is 9.76. The molecule has 1 heterocycles. The first-order valence-corrected chi connectivity index (χ1v) is 10.4. The molecule has 2 aromatic rings. The summed E-state index contributed by atoms with van der Waals surface area (Å²) in [5.41, 5.74) is 1.57. The summed E-state index contributed by atoms with van der Waals surface area (Å²) in [5.74, 6) is -0.774. The van der Waals surface area contributed by atoms with Crippen LogP contribution in [0.4, 0.5) is 10.5 Å². The third-order valence-electron chi connectivity index (χ3n) is 5.64. The Morgan fingerprint density at radius 2 is 1.71 bits per heavy atom. The van der Waals surface area contributed by atoms with Crippen molar-refractivity contribution in [3.8, 4) is 0 Å². The van der Waals surface area contributed by atoms with Gasteiger partial charge in [0.25, 0.3) is 0 Å². The zero-order valence-electron chi connectivity index (χ0n) is 17.5. The SMILES string of the molecule is CC(C(=O)NC(=O)OOCc1ccccc1)C1CCC(C(=O)Nc2ccncc2)CC1. The first-order chi connectivity index (χ1) is 15.0. The van der Waals surface area contributed by atoms with Crippen LogP contribution in [0.3, 0.4) is 0 Å². The molecule has 1 saturated carbocycles. The number of carbonyl (C=O) groups is 3. The first kappa shape index (κ1) is 22.4. The largest absolute Gasteiger partial charge is 0.445 e. The fraction of sp³-hybridized carbons (Fsp3) is 0.391. The fourth-order valence-corrected chi connectivity index (χ4v) is 3.74. The normalized spacial score (nSPS) is 19.1. The van der Waals surface area contributed by atoms with Gasteiger partial charge in [0.05, 0.1) is 0 Å². The van der Waals surface area contributed by atoms with Gasteiger partial charge in [0.2, 0.25) is 11.8 Å². The maximum absolute atomic E-state index is 12.4. The van der Waals surface area contributed by atoms with Crippen molar-refractivity contribution < 1.29 is 24.2 Å². The second-order valence-electron chi connectivity index (χ2n) is 7.73. The summed E-state index contributed by atoms with van der Waals surface area (Å²) in [4.78, 5) is 50.1. The zero-order chi connectivity index (χ0) is 22.1. The van der Waals surface area contributed by atoms with Gasteiger partial charge in [-0.05, 0) is 49.3 Å². The molecule has 0 saturated heterocycles. The number of amides is 3. The van der Waals surface area contributed by atoms with Gasteiger partial charge in [-0.25, -0.2) is 4.79 Å². The number of pyridine rings is 1. The van der Waals surface area contributed by atoms with Gasteiger partial charge in [0.1, 0.15) is 6.61 Å².